The Morgan fingerprint density at radius 2 is 1.56 bits per heavy atom. The van der Waals surface area contributed by atoms with E-state index >= 15 is 0 Å². The van der Waals surface area contributed by atoms with Crippen LogP contribution in [-0.4, -0.2) is 16.6 Å². The van der Waals surface area contributed by atoms with Crippen molar-refractivity contribution in [1.29, 1.82) is 0 Å². The first-order valence-corrected chi connectivity index (χ1v) is 8.87. The van der Waals surface area contributed by atoms with E-state index in [0.29, 0.717) is 11.5 Å². The van der Waals surface area contributed by atoms with E-state index in [1.54, 1.807) is 0 Å². The highest BCUT2D eigenvalue weighted by atomic mass is 16.3. The molecule has 4 aromatic rings. The fourth-order valence-electron chi connectivity index (χ4n) is 3.75. The van der Waals surface area contributed by atoms with Crippen LogP contribution in [0.3, 0.4) is 0 Å². The number of fused-ring (bicyclic) bond motifs is 2. The van der Waals surface area contributed by atoms with Crippen LogP contribution in [0.1, 0.15) is 31.1 Å². The number of carbonyl (C=O) groups is 2. The minimum absolute atomic E-state index is 0.235. The number of nitrogens with zero attached hydrogens (tertiary/aromatic N) is 1. The summed E-state index contributed by atoms with van der Waals surface area (Å²) in [6.45, 7) is 4.87. The molecule has 0 aliphatic rings. The smallest absolute Gasteiger partial charge is 0.227 e. The van der Waals surface area contributed by atoms with Crippen LogP contribution in [0.15, 0.2) is 59.0 Å². The maximum atomic E-state index is 12.3. The van der Waals surface area contributed by atoms with Gasteiger partial charge >= 0.3 is 0 Å². The number of carbonyl (C=O) groups excluding carboxylic acids is 2. The van der Waals surface area contributed by atoms with E-state index in [1.165, 1.54) is 13.8 Å². The molecule has 0 radical (unpaired) electrons. The summed E-state index contributed by atoms with van der Waals surface area (Å²) in [7, 11) is 0. The number of hydrogen-bond donors (Lipinski definition) is 0. The van der Waals surface area contributed by atoms with Gasteiger partial charge in [-0.25, -0.2) is 4.98 Å². The van der Waals surface area contributed by atoms with Crippen molar-refractivity contribution in [3.8, 4) is 11.1 Å². The van der Waals surface area contributed by atoms with Crippen molar-refractivity contribution in [2.24, 2.45) is 0 Å². The average Bonchev–Trinajstić information content (AvgIpc) is 3.01. The second-order valence-electron chi connectivity index (χ2n) is 6.80. The molecule has 4 heteroatoms. The Kier molecular flexibility index (Phi) is 4.11. The van der Waals surface area contributed by atoms with E-state index in [9.17, 15) is 9.59 Å². The van der Waals surface area contributed by atoms with Crippen molar-refractivity contribution in [2.45, 2.75) is 26.7 Å². The zero-order valence-electron chi connectivity index (χ0n) is 15.4. The van der Waals surface area contributed by atoms with Crippen molar-refractivity contribution in [1.82, 2.24) is 4.98 Å². The third kappa shape index (κ3) is 2.74. The van der Waals surface area contributed by atoms with Gasteiger partial charge in [0.25, 0.3) is 0 Å². The number of aryl methyl sites for hydroxylation is 1. The number of para-hydroxylation sites is 1. The second-order valence-corrected chi connectivity index (χ2v) is 6.80. The molecule has 0 bridgehead atoms. The molecular formula is C23H19NO3. The van der Waals surface area contributed by atoms with Crippen LogP contribution < -0.4 is 0 Å². The Balaban J connectivity index is 2.17. The third-order valence-electron chi connectivity index (χ3n) is 4.96. The van der Waals surface area contributed by atoms with Crippen LogP contribution in [0.2, 0.25) is 0 Å². The first-order chi connectivity index (χ1) is 13.0. The largest absolute Gasteiger partial charge is 0.441 e. The van der Waals surface area contributed by atoms with Gasteiger partial charge in [0.2, 0.25) is 5.71 Å². The number of rotatable bonds is 4. The van der Waals surface area contributed by atoms with Crippen LogP contribution in [0.25, 0.3) is 33.1 Å². The molecule has 134 valence electrons. The summed E-state index contributed by atoms with van der Waals surface area (Å²) in [5.74, 6) is -1.03. The molecule has 0 aliphatic carbocycles. The van der Waals surface area contributed by atoms with E-state index in [2.05, 4.69) is 4.98 Å². The van der Waals surface area contributed by atoms with Gasteiger partial charge in [0.1, 0.15) is 23.2 Å². The standard InChI is InChI=1S/C23H19NO3/c1-13-17-11-7-8-12-18(17)24-23-19(13)21(16-9-5-4-6-10-16)22(27-23)20(14(2)25)15(3)26/h4-12,20H,1-3H3. The zero-order valence-corrected chi connectivity index (χ0v) is 15.4. The molecule has 0 atom stereocenters. The fourth-order valence-corrected chi connectivity index (χ4v) is 3.75. The maximum absolute atomic E-state index is 12.3. The molecule has 0 aliphatic heterocycles. The summed E-state index contributed by atoms with van der Waals surface area (Å²) in [6.07, 6.45) is 0. The first kappa shape index (κ1) is 17.2. The summed E-state index contributed by atoms with van der Waals surface area (Å²) < 4.78 is 6.07. The van der Waals surface area contributed by atoms with E-state index in [-0.39, 0.29) is 11.6 Å². The number of ketones is 2. The Labute approximate surface area is 156 Å². The Morgan fingerprint density at radius 1 is 0.926 bits per heavy atom. The third-order valence-corrected chi connectivity index (χ3v) is 4.96. The molecule has 0 saturated heterocycles. The molecule has 2 aromatic carbocycles. The summed E-state index contributed by atoms with van der Waals surface area (Å²) in [5.41, 5.74) is 3.98. The molecule has 2 aromatic heterocycles. The van der Waals surface area contributed by atoms with Crippen LogP contribution in [-0.2, 0) is 9.59 Å². The van der Waals surface area contributed by atoms with Gasteiger partial charge in [0.15, 0.2) is 0 Å². The van der Waals surface area contributed by atoms with E-state index in [1.807, 2.05) is 61.5 Å². The van der Waals surface area contributed by atoms with Crippen molar-refractivity contribution >= 4 is 33.6 Å². The normalized spacial score (nSPS) is 11.4. The van der Waals surface area contributed by atoms with E-state index in [0.717, 1.165) is 33.0 Å². The predicted molar refractivity (Wildman–Crippen MR) is 106 cm³/mol. The van der Waals surface area contributed by atoms with Gasteiger partial charge < -0.3 is 4.42 Å². The van der Waals surface area contributed by atoms with E-state index < -0.39 is 5.92 Å². The van der Waals surface area contributed by atoms with E-state index in [4.69, 9.17) is 4.42 Å². The molecule has 0 unspecified atom stereocenters. The monoisotopic (exact) mass is 357 g/mol. The lowest BCUT2D eigenvalue weighted by atomic mass is 9.90. The Bertz CT molecular complexity index is 1170. The highest BCUT2D eigenvalue weighted by molar-refractivity contribution is 6.10. The lowest BCUT2D eigenvalue weighted by Crippen LogP contribution is -2.17. The van der Waals surface area contributed by atoms with Crippen LogP contribution in [0.4, 0.5) is 0 Å². The summed E-state index contributed by atoms with van der Waals surface area (Å²) >= 11 is 0. The van der Waals surface area contributed by atoms with Gasteiger partial charge in [-0.15, -0.1) is 0 Å². The highest BCUT2D eigenvalue weighted by Gasteiger charge is 2.31. The first-order valence-electron chi connectivity index (χ1n) is 8.87. The number of aromatic nitrogens is 1. The SMILES string of the molecule is CC(=O)C(C(C)=O)c1oc2nc3ccccc3c(C)c2c1-c1ccccc1. The van der Waals surface area contributed by atoms with Crippen molar-refractivity contribution in [3.63, 3.8) is 0 Å². The zero-order chi connectivity index (χ0) is 19.1. The lowest BCUT2D eigenvalue weighted by Gasteiger charge is -2.11. The molecule has 0 fully saturated rings. The number of pyridine rings is 1. The minimum Gasteiger partial charge on any atom is -0.441 e. The van der Waals surface area contributed by atoms with Gasteiger partial charge in [0.05, 0.1) is 10.9 Å². The van der Waals surface area contributed by atoms with Gasteiger partial charge in [-0.1, -0.05) is 48.5 Å². The van der Waals surface area contributed by atoms with Crippen LogP contribution in [0, 0.1) is 6.92 Å². The fraction of sp³-hybridized carbons (Fsp3) is 0.174. The van der Waals surface area contributed by atoms with Gasteiger partial charge in [0, 0.05) is 10.9 Å². The summed E-state index contributed by atoms with van der Waals surface area (Å²) in [5, 5.41) is 1.87. The molecule has 0 spiro atoms. The average molecular weight is 357 g/mol. The van der Waals surface area contributed by atoms with Crippen LogP contribution >= 0.6 is 0 Å². The molecule has 27 heavy (non-hydrogen) atoms. The number of Topliss-reactive ketones (excluding diaryl/α,β-unsaturated/α-hetero) is 2. The number of benzene rings is 2. The predicted octanol–water partition coefficient (Wildman–Crippen LogP) is 5.22. The Hall–Kier alpha value is -3.27. The van der Waals surface area contributed by atoms with Gasteiger partial charge in [-0.05, 0) is 38.0 Å². The molecule has 2 heterocycles. The number of hydrogen-bond acceptors (Lipinski definition) is 4. The van der Waals surface area contributed by atoms with Crippen molar-refractivity contribution in [3.05, 3.63) is 65.9 Å². The van der Waals surface area contributed by atoms with Crippen LogP contribution in [0.5, 0.6) is 0 Å². The minimum atomic E-state index is -0.933. The molecule has 0 N–H and O–H groups in total. The molecule has 0 amide bonds. The van der Waals surface area contributed by atoms with Gasteiger partial charge in [-0.3, -0.25) is 9.59 Å². The highest BCUT2D eigenvalue weighted by Crippen LogP contribution is 2.41. The molecule has 0 saturated carbocycles. The van der Waals surface area contributed by atoms with Crippen molar-refractivity contribution < 1.29 is 14.0 Å². The van der Waals surface area contributed by atoms with Crippen molar-refractivity contribution in [2.75, 3.05) is 0 Å². The molecular weight excluding hydrogens is 338 g/mol. The molecule has 4 rings (SSSR count). The van der Waals surface area contributed by atoms with Gasteiger partial charge in [-0.2, -0.15) is 0 Å². The topological polar surface area (TPSA) is 60.2 Å². The quantitative estimate of drug-likeness (QED) is 0.470. The maximum Gasteiger partial charge on any atom is 0.227 e. The number of furan rings is 1. The summed E-state index contributed by atoms with van der Waals surface area (Å²) in [6, 6.07) is 17.6. The molecule has 4 nitrogen and oxygen atoms in total. The Morgan fingerprint density at radius 3 is 2.22 bits per heavy atom. The second kappa shape index (κ2) is 6.47. The lowest BCUT2D eigenvalue weighted by molar-refractivity contribution is -0.127. The summed E-state index contributed by atoms with van der Waals surface area (Å²) in [4.78, 5) is 29.2.